The van der Waals surface area contributed by atoms with Gasteiger partial charge in [-0.3, -0.25) is 4.79 Å². The van der Waals surface area contributed by atoms with Gasteiger partial charge in [-0.15, -0.1) is 0 Å². The lowest BCUT2D eigenvalue weighted by atomic mass is 10.0. The maximum absolute atomic E-state index is 10.3. The summed E-state index contributed by atoms with van der Waals surface area (Å²) in [6, 6.07) is 0. The Morgan fingerprint density at radius 3 is 2.09 bits per heavy atom. The van der Waals surface area contributed by atoms with Gasteiger partial charge in [0.2, 0.25) is 0 Å². The molecule has 0 saturated carbocycles. The van der Waals surface area contributed by atoms with E-state index in [1.807, 2.05) is 0 Å². The Morgan fingerprint density at radius 2 is 1.48 bits per heavy atom. The molecule has 0 saturated heterocycles. The van der Waals surface area contributed by atoms with E-state index in [1.54, 1.807) is 6.08 Å². The molecule has 0 bridgehead atoms. The molecule has 0 aliphatic heterocycles. The summed E-state index contributed by atoms with van der Waals surface area (Å²) >= 11 is 0. The van der Waals surface area contributed by atoms with E-state index in [4.69, 9.17) is 5.11 Å². The molecular formula is C18H34O5. The summed E-state index contributed by atoms with van der Waals surface area (Å²) < 4.78 is 0. The summed E-state index contributed by atoms with van der Waals surface area (Å²) in [5.41, 5.74) is 0. The molecule has 2 atom stereocenters. The van der Waals surface area contributed by atoms with Crippen LogP contribution in [0.5, 0.6) is 0 Å². The molecule has 0 aliphatic carbocycles. The Labute approximate surface area is 140 Å². The molecular weight excluding hydrogens is 296 g/mol. The minimum absolute atomic E-state index is 0.226. The molecule has 0 heterocycles. The van der Waals surface area contributed by atoms with Crippen LogP contribution >= 0.6 is 0 Å². The largest absolute Gasteiger partial charge is 0.513 e. The fourth-order valence-electron chi connectivity index (χ4n) is 2.42. The van der Waals surface area contributed by atoms with Gasteiger partial charge in [0.15, 0.2) is 0 Å². The van der Waals surface area contributed by atoms with Crippen molar-refractivity contribution in [3.8, 4) is 0 Å². The third kappa shape index (κ3) is 14.3. The Hall–Kier alpha value is -1.07. The molecule has 0 aromatic rings. The second kappa shape index (κ2) is 14.5. The molecule has 2 unspecified atom stereocenters. The van der Waals surface area contributed by atoms with Crippen LogP contribution < -0.4 is 0 Å². The summed E-state index contributed by atoms with van der Waals surface area (Å²) in [7, 11) is 0. The van der Waals surface area contributed by atoms with E-state index in [0.29, 0.717) is 19.3 Å². The SMILES string of the molecule is CCCCCC(O)C(O)CC=C(O)CCCCCCCC(=O)O. The Balaban J connectivity index is 3.67. The first kappa shape index (κ1) is 21.9. The van der Waals surface area contributed by atoms with Crippen LogP contribution in [0.15, 0.2) is 11.8 Å². The van der Waals surface area contributed by atoms with Crippen molar-refractivity contribution in [3.63, 3.8) is 0 Å². The predicted octanol–water partition coefficient (Wildman–Crippen LogP) is 3.94. The van der Waals surface area contributed by atoms with Crippen molar-refractivity contribution in [1.29, 1.82) is 0 Å². The van der Waals surface area contributed by atoms with Crippen molar-refractivity contribution in [3.05, 3.63) is 11.8 Å². The Morgan fingerprint density at radius 1 is 0.870 bits per heavy atom. The summed E-state index contributed by atoms with van der Waals surface area (Å²) in [5, 5.41) is 37.9. The highest BCUT2D eigenvalue weighted by atomic mass is 16.4. The van der Waals surface area contributed by atoms with Gasteiger partial charge in [-0.05, 0) is 31.8 Å². The number of carboxylic acids is 1. The molecule has 4 N–H and O–H groups in total. The molecule has 0 aliphatic rings. The monoisotopic (exact) mass is 330 g/mol. The van der Waals surface area contributed by atoms with Gasteiger partial charge in [-0.2, -0.15) is 0 Å². The van der Waals surface area contributed by atoms with Gasteiger partial charge < -0.3 is 20.4 Å². The maximum Gasteiger partial charge on any atom is 0.303 e. The van der Waals surface area contributed by atoms with Gasteiger partial charge in [0, 0.05) is 12.8 Å². The number of hydrogen-bond donors (Lipinski definition) is 4. The first-order chi connectivity index (χ1) is 11.0. The Kier molecular flexibility index (Phi) is 13.8. The van der Waals surface area contributed by atoms with Crippen molar-refractivity contribution in [2.45, 2.75) is 96.2 Å². The fraction of sp³-hybridized carbons (Fsp3) is 0.833. The summed E-state index contributed by atoms with van der Waals surface area (Å²) in [6.07, 6.45) is 9.16. The van der Waals surface area contributed by atoms with Crippen molar-refractivity contribution in [1.82, 2.24) is 0 Å². The minimum Gasteiger partial charge on any atom is -0.513 e. The van der Waals surface area contributed by atoms with Gasteiger partial charge in [-0.25, -0.2) is 0 Å². The molecule has 0 rings (SSSR count). The first-order valence-corrected chi connectivity index (χ1v) is 8.93. The van der Waals surface area contributed by atoms with Crippen LogP contribution in [0.4, 0.5) is 0 Å². The molecule has 5 heteroatoms. The van der Waals surface area contributed by atoms with E-state index < -0.39 is 18.2 Å². The van der Waals surface area contributed by atoms with Crippen molar-refractivity contribution >= 4 is 5.97 Å². The highest BCUT2D eigenvalue weighted by molar-refractivity contribution is 5.66. The third-order valence-corrected chi connectivity index (χ3v) is 3.97. The number of aliphatic hydroxyl groups excluding tert-OH is 3. The highest BCUT2D eigenvalue weighted by Crippen LogP contribution is 2.13. The molecule has 136 valence electrons. The number of unbranched alkanes of at least 4 members (excludes halogenated alkanes) is 6. The number of aliphatic hydroxyl groups is 3. The fourth-order valence-corrected chi connectivity index (χ4v) is 2.42. The minimum atomic E-state index is -0.815. The van der Waals surface area contributed by atoms with E-state index in [-0.39, 0.29) is 18.6 Å². The van der Waals surface area contributed by atoms with E-state index >= 15 is 0 Å². The predicted molar refractivity (Wildman–Crippen MR) is 91.4 cm³/mol. The standard InChI is InChI=1S/C18H34O5/c1-2-3-7-11-16(20)17(21)14-13-15(19)10-8-5-4-6-9-12-18(22)23/h13,16-17,19-21H,2-12,14H2,1H3,(H,22,23). The highest BCUT2D eigenvalue weighted by Gasteiger charge is 2.14. The normalized spacial score (nSPS) is 14.7. The number of hydrogen-bond acceptors (Lipinski definition) is 4. The second-order valence-electron chi connectivity index (χ2n) is 6.22. The van der Waals surface area contributed by atoms with Gasteiger partial charge in [-0.1, -0.05) is 45.4 Å². The number of carbonyl (C=O) groups is 1. The third-order valence-electron chi connectivity index (χ3n) is 3.97. The summed E-state index contributed by atoms with van der Waals surface area (Å²) in [4.78, 5) is 10.3. The topological polar surface area (TPSA) is 98.0 Å². The molecule has 23 heavy (non-hydrogen) atoms. The number of carboxylic acid groups (broad SMARTS) is 1. The van der Waals surface area contributed by atoms with Crippen LogP contribution in [0.1, 0.15) is 84.0 Å². The quantitative estimate of drug-likeness (QED) is 0.269. The van der Waals surface area contributed by atoms with E-state index in [0.717, 1.165) is 44.9 Å². The smallest absolute Gasteiger partial charge is 0.303 e. The van der Waals surface area contributed by atoms with Gasteiger partial charge in [0.05, 0.1) is 18.0 Å². The van der Waals surface area contributed by atoms with Crippen LogP contribution in [0, 0.1) is 0 Å². The van der Waals surface area contributed by atoms with Crippen LogP contribution in [-0.4, -0.2) is 38.6 Å². The van der Waals surface area contributed by atoms with Gasteiger partial charge in [0.25, 0.3) is 0 Å². The zero-order valence-electron chi connectivity index (χ0n) is 14.4. The zero-order chi connectivity index (χ0) is 17.5. The lowest BCUT2D eigenvalue weighted by Crippen LogP contribution is -2.25. The lowest BCUT2D eigenvalue weighted by Gasteiger charge is -2.16. The zero-order valence-corrected chi connectivity index (χ0v) is 14.4. The molecule has 5 nitrogen and oxygen atoms in total. The van der Waals surface area contributed by atoms with E-state index in [2.05, 4.69) is 6.92 Å². The molecule has 0 radical (unpaired) electrons. The van der Waals surface area contributed by atoms with Crippen LogP contribution in [0.2, 0.25) is 0 Å². The van der Waals surface area contributed by atoms with Gasteiger partial charge in [0.1, 0.15) is 0 Å². The molecule has 0 aromatic carbocycles. The number of rotatable bonds is 15. The molecule has 0 amide bonds. The molecule has 0 fully saturated rings. The van der Waals surface area contributed by atoms with Crippen molar-refractivity contribution in [2.24, 2.45) is 0 Å². The van der Waals surface area contributed by atoms with Crippen LogP contribution in [0.3, 0.4) is 0 Å². The first-order valence-electron chi connectivity index (χ1n) is 8.93. The number of allylic oxidation sites excluding steroid dienone is 1. The summed E-state index contributed by atoms with van der Waals surface area (Å²) in [6.45, 7) is 2.09. The molecule has 0 aromatic heterocycles. The average Bonchev–Trinajstić information content (AvgIpc) is 2.51. The van der Waals surface area contributed by atoms with Crippen molar-refractivity contribution < 1.29 is 25.2 Å². The Bertz CT molecular complexity index is 327. The summed E-state index contributed by atoms with van der Waals surface area (Å²) in [5.74, 6) is -0.489. The van der Waals surface area contributed by atoms with Crippen molar-refractivity contribution in [2.75, 3.05) is 0 Å². The number of aliphatic carboxylic acids is 1. The van der Waals surface area contributed by atoms with Gasteiger partial charge >= 0.3 is 5.97 Å². The lowest BCUT2D eigenvalue weighted by molar-refractivity contribution is -0.137. The van der Waals surface area contributed by atoms with E-state index in [9.17, 15) is 20.1 Å². The van der Waals surface area contributed by atoms with Crippen LogP contribution in [-0.2, 0) is 4.79 Å². The molecule has 0 spiro atoms. The van der Waals surface area contributed by atoms with E-state index in [1.165, 1.54) is 0 Å². The maximum atomic E-state index is 10.3. The average molecular weight is 330 g/mol. The van der Waals surface area contributed by atoms with Crippen LogP contribution in [0.25, 0.3) is 0 Å². The second-order valence-corrected chi connectivity index (χ2v) is 6.22.